The van der Waals surface area contributed by atoms with Crippen molar-refractivity contribution in [3.8, 4) is 0 Å². The van der Waals surface area contributed by atoms with E-state index < -0.39 is 0 Å². The van der Waals surface area contributed by atoms with Gasteiger partial charge >= 0.3 is 0 Å². The number of thiocarbonyl (C=S) groups is 1. The first-order chi connectivity index (χ1) is 8.97. The first kappa shape index (κ1) is 14.2. The fourth-order valence-electron chi connectivity index (χ4n) is 1.71. The Morgan fingerprint density at radius 1 is 1.42 bits per heavy atom. The molecular weight excluding hydrogens is 303 g/mol. The van der Waals surface area contributed by atoms with E-state index in [4.69, 9.17) is 29.6 Å². The topological polar surface area (TPSA) is 38.0 Å². The van der Waals surface area contributed by atoms with Crippen molar-refractivity contribution in [2.45, 2.75) is 13.0 Å². The van der Waals surface area contributed by atoms with Crippen LogP contribution in [0.4, 0.5) is 10.1 Å². The molecule has 1 aromatic carbocycles. The third kappa shape index (κ3) is 3.43. The molecule has 1 aromatic heterocycles. The van der Waals surface area contributed by atoms with Crippen LogP contribution >= 0.6 is 35.2 Å². The van der Waals surface area contributed by atoms with Gasteiger partial charge in [0.25, 0.3) is 0 Å². The highest BCUT2D eigenvalue weighted by Gasteiger charge is 2.12. The van der Waals surface area contributed by atoms with Gasteiger partial charge in [-0.1, -0.05) is 23.8 Å². The molecule has 0 aliphatic carbocycles. The molecule has 0 aliphatic rings. The summed E-state index contributed by atoms with van der Waals surface area (Å²) in [6.45, 7) is 1.99. The van der Waals surface area contributed by atoms with E-state index >= 15 is 0 Å². The van der Waals surface area contributed by atoms with Crippen LogP contribution in [0.1, 0.15) is 23.4 Å². The van der Waals surface area contributed by atoms with Crippen LogP contribution in [0.5, 0.6) is 0 Å². The van der Waals surface area contributed by atoms with Gasteiger partial charge in [-0.3, -0.25) is 0 Å². The normalized spacial score (nSPS) is 12.2. The summed E-state index contributed by atoms with van der Waals surface area (Å²) in [5.74, 6) is -0.361. The smallest absolute Gasteiger partial charge is 0.124 e. The predicted octanol–water partition coefficient (Wildman–Crippen LogP) is 4.35. The first-order valence-electron chi connectivity index (χ1n) is 5.58. The van der Waals surface area contributed by atoms with E-state index in [-0.39, 0.29) is 16.8 Å². The van der Waals surface area contributed by atoms with E-state index in [1.807, 2.05) is 19.1 Å². The Kier molecular flexibility index (Phi) is 4.39. The van der Waals surface area contributed by atoms with E-state index in [0.29, 0.717) is 11.3 Å². The molecule has 2 nitrogen and oxygen atoms in total. The summed E-state index contributed by atoms with van der Waals surface area (Å²) in [6.07, 6.45) is 0. The Labute approximate surface area is 125 Å². The minimum Gasteiger partial charge on any atom is -0.389 e. The monoisotopic (exact) mass is 314 g/mol. The Balaban J connectivity index is 2.26. The Hall–Kier alpha value is -1.17. The van der Waals surface area contributed by atoms with Gasteiger partial charge in [-0.05, 0) is 37.3 Å². The van der Waals surface area contributed by atoms with Crippen molar-refractivity contribution in [3.05, 3.63) is 50.9 Å². The molecule has 0 aliphatic heterocycles. The Morgan fingerprint density at radius 3 is 2.74 bits per heavy atom. The van der Waals surface area contributed by atoms with Gasteiger partial charge in [0.1, 0.15) is 10.8 Å². The van der Waals surface area contributed by atoms with Crippen LogP contribution < -0.4 is 11.1 Å². The average molecular weight is 315 g/mol. The summed E-state index contributed by atoms with van der Waals surface area (Å²) in [5.41, 5.74) is 6.83. The molecule has 0 saturated heterocycles. The van der Waals surface area contributed by atoms with Crippen LogP contribution in [0.2, 0.25) is 4.34 Å². The molecule has 2 aromatic rings. The van der Waals surface area contributed by atoms with Gasteiger partial charge in [-0.25, -0.2) is 4.39 Å². The average Bonchev–Trinajstić information content (AvgIpc) is 2.78. The zero-order valence-electron chi connectivity index (χ0n) is 10.1. The van der Waals surface area contributed by atoms with Crippen molar-refractivity contribution in [2.24, 2.45) is 5.73 Å². The van der Waals surface area contributed by atoms with Crippen LogP contribution in [0.3, 0.4) is 0 Å². The molecule has 19 heavy (non-hydrogen) atoms. The van der Waals surface area contributed by atoms with Crippen LogP contribution in [-0.2, 0) is 0 Å². The second-order valence-electron chi connectivity index (χ2n) is 4.06. The first-order valence-corrected chi connectivity index (χ1v) is 7.19. The van der Waals surface area contributed by atoms with Crippen molar-refractivity contribution >= 4 is 45.8 Å². The third-order valence-corrected chi connectivity index (χ3v) is 4.27. The highest BCUT2D eigenvalue weighted by molar-refractivity contribution is 7.80. The maximum absolute atomic E-state index is 13.2. The lowest BCUT2D eigenvalue weighted by atomic mass is 10.1. The number of nitrogens with two attached hydrogens (primary N) is 1. The van der Waals surface area contributed by atoms with E-state index in [9.17, 15) is 4.39 Å². The Bertz CT molecular complexity index is 612. The third-order valence-electron chi connectivity index (χ3n) is 2.64. The molecule has 0 saturated carbocycles. The molecule has 1 unspecified atom stereocenters. The molecule has 1 atom stereocenters. The lowest BCUT2D eigenvalue weighted by molar-refractivity contribution is 0.627. The molecule has 0 spiro atoms. The maximum atomic E-state index is 13.2. The molecule has 2 rings (SSSR count). The highest BCUT2D eigenvalue weighted by Crippen LogP contribution is 2.30. The molecule has 100 valence electrons. The van der Waals surface area contributed by atoms with E-state index in [1.54, 1.807) is 6.07 Å². The molecule has 0 bridgehead atoms. The molecule has 0 radical (unpaired) electrons. The molecule has 0 amide bonds. The summed E-state index contributed by atoms with van der Waals surface area (Å²) >= 11 is 12.3. The molecule has 6 heteroatoms. The minimum absolute atomic E-state index is 0.0380. The predicted molar refractivity (Wildman–Crippen MR) is 83.7 cm³/mol. The quantitative estimate of drug-likeness (QED) is 0.824. The second kappa shape index (κ2) is 5.86. The number of anilines is 1. The molecule has 1 heterocycles. The minimum atomic E-state index is -0.361. The number of nitrogens with one attached hydrogen (secondary N) is 1. The second-order valence-corrected chi connectivity index (χ2v) is 6.25. The molecule has 0 fully saturated rings. The zero-order chi connectivity index (χ0) is 14.0. The van der Waals surface area contributed by atoms with Crippen LogP contribution in [-0.4, -0.2) is 4.99 Å². The standard InChI is InChI=1S/C13H12ClFN2S2/c1-7(11-4-5-12(14)19-11)17-10-3-2-8(15)6-9(10)13(16)18/h2-7,17H,1H3,(H2,16,18). The summed E-state index contributed by atoms with van der Waals surface area (Å²) < 4.78 is 13.9. The van der Waals surface area contributed by atoms with Gasteiger partial charge in [0.15, 0.2) is 0 Å². The van der Waals surface area contributed by atoms with Crippen molar-refractivity contribution in [1.82, 2.24) is 0 Å². The lowest BCUT2D eigenvalue weighted by Crippen LogP contribution is -2.15. The number of hydrogen-bond acceptors (Lipinski definition) is 3. The number of rotatable bonds is 4. The summed E-state index contributed by atoms with van der Waals surface area (Å²) in [7, 11) is 0. The molecule has 3 N–H and O–H groups in total. The summed E-state index contributed by atoms with van der Waals surface area (Å²) in [6, 6.07) is 8.18. The van der Waals surface area contributed by atoms with Crippen LogP contribution in [0.15, 0.2) is 30.3 Å². The van der Waals surface area contributed by atoms with Gasteiger partial charge in [-0.15, -0.1) is 11.3 Å². The largest absolute Gasteiger partial charge is 0.389 e. The number of thiophene rings is 1. The number of halogens is 2. The highest BCUT2D eigenvalue weighted by atomic mass is 35.5. The van der Waals surface area contributed by atoms with Crippen molar-refractivity contribution in [3.63, 3.8) is 0 Å². The summed E-state index contributed by atoms with van der Waals surface area (Å²) in [4.78, 5) is 1.25. The van der Waals surface area contributed by atoms with Gasteiger partial charge in [0.2, 0.25) is 0 Å². The van der Waals surface area contributed by atoms with Gasteiger partial charge in [0.05, 0.1) is 10.4 Å². The van der Waals surface area contributed by atoms with E-state index in [1.165, 1.54) is 23.5 Å². The van der Waals surface area contributed by atoms with Crippen molar-refractivity contribution in [1.29, 1.82) is 0 Å². The maximum Gasteiger partial charge on any atom is 0.124 e. The fourth-order valence-corrected chi connectivity index (χ4v) is 2.94. The Morgan fingerprint density at radius 2 is 2.16 bits per heavy atom. The number of benzene rings is 1. The number of hydrogen-bond donors (Lipinski definition) is 2. The fraction of sp³-hybridized carbons (Fsp3) is 0.154. The zero-order valence-corrected chi connectivity index (χ0v) is 12.5. The van der Waals surface area contributed by atoms with E-state index in [2.05, 4.69) is 5.32 Å². The lowest BCUT2D eigenvalue weighted by Gasteiger charge is -2.16. The summed E-state index contributed by atoms with van der Waals surface area (Å²) in [5, 5.41) is 3.27. The van der Waals surface area contributed by atoms with E-state index in [0.717, 1.165) is 9.21 Å². The van der Waals surface area contributed by atoms with Gasteiger partial charge in [-0.2, -0.15) is 0 Å². The van der Waals surface area contributed by atoms with Gasteiger partial charge in [0, 0.05) is 16.1 Å². The van der Waals surface area contributed by atoms with Crippen molar-refractivity contribution < 1.29 is 4.39 Å². The van der Waals surface area contributed by atoms with Crippen LogP contribution in [0.25, 0.3) is 0 Å². The SMILES string of the molecule is CC(Nc1ccc(F)cc1C(N)=S)c1ccc(Cl)s1. The van der Waals surface area contributed by atoms with Crippen LogP contribution in [0, 0.1) is 5.82 Å². The van der Waals surface area contributed by atoms with Crippen molar-refractivity contribution in [2.75, 3.05) is 5.32 Å². The van der Waals surface area contributed by atoms with Gasteiger partial charge < -0.3 is 11.1 Å². The molecular formula is C13H12ClFN2S2.